The number of amides is 1. The maximum atomic E-state index is 11.6. The number of ether oxygens (including phenoxy) is 1. The maximum absolute atomic E-state index is 11.6. The van der Waals surface area contributed by atoms with E-state index in [1.54, 1.807) is 0 Å². The summed E-state index contributed by atoms with van der Waals surface area (Å²) < 4.78 is 5.13. The number of hydrogen-bond donors (Lipinski definition) is 2. The Labute approximate surface area is 143 Å². The molecule has 0 aromatic heterocycles. The third-order valence-electron chi connectivity index (χ3n) is 3.57. The highest BCUT2D eigenvalue weighted by molar-refractivity contribution is 5.67. The highest BCUT2D eigenvalue weighted by Crippen LogP contribution is 2.16. The van der Waals surface area contributed by atoms with E-state index in [2.05, 4.69) is 17.2 Å². The Morgan fingerprint density at radius 3 is 2.67 bits per heavy atom. The molecule has 0 unspecified atom stereocenters. The minimum Gasteiger partial charge on any atom is -0.445 e. The van der Waals surface area contributed by atoms with Crippen LogP contribution in [-0.2, 0) is 11.3 Å². The monoisotopic (exact) mass is 322 g/mol. The number of benzene rings is 2. The fourth-order valence-electron chi connectivity index (χ4n) is 2.13. The standard InChI is InChI=1S/C20H22N2O2/c1-15-13-19(21)16(2)12-18(15)10-6-7-11-22-20(23)24-14-17-8-4-3-5-9-17/h3-5,8-9,12-13H,7,11,14,21H2,1-2H3,(H,22,23). The van der Waals surface area contributed by atoms with Crippen molar-refractivity contribution in [1.82, 2.24) is 5.32 Å². The van der Waals surface area contributed by atoms with Crippen molar-refractivity contribution in [2.75, 3.05) is 12.3 Å². The number of aryl methyl sites for hydroxylation is 2. The normalized spacial score (nSPS) is 9.75. The summed E-state index contributed by atoms with van der Waals surface area (Å²) in [5.41, 5.74) is 10.6. The summed E-state index contributed by atoms with van der Waals surface area (Å²) in [6.07, 6.45) is 0.128. The van der Waals surface area contributed by atoms with Gasteiger partial charge < -0.3 is 15.8 Å². The van der Waals surface area contributed by atoms with Crippen LogP contribution in [0.2, 0.25) is 0 Å². The lowest BCUT2D eigenvalue weighted by atomic mass is 10.0. The zero-order valence-corrected chi connectivity index (χ0v) is 14.1. The van der Waals surface area contributed by atoms with Crippen LogP contribution in [0.25, 0.3) is 0 Å². The topological polar surface area (TPSA) is 64.3 Å². The van der Waals surface area contributed by atoms with Crippen LogP contribution in [0.3, 0.4) is 0 Å². The third-order valence-corrected chi connectivity index (χ3v) is 3.57. The molecule has 4 heteroatoms. The van der Waals surface area contributed by atoms with E-state index in [0.717, 1.165) is 27.9 Å². The van der Waals surface area contributed by atoms with Crippen LogP contribution in [0.5, 0.6) is 0 Å². The lowest BCUT2D eigenvalue weighted by Crippen LogP contribution is -2.24. The fraction of sp³-hybridized carbons (Fsp3) is 0.250. The van der Waals surface area contributed by atoms with Crippen molar-refractivity contribution in [2.45, 2.75) is 26.9 Å². The third kappa shape index (κ3) is 5.36. The van der Waals surface area contributed by atoms with Crippen LogP contribution in [0.15, 0.2) is 42.5 Å². The van der Waals surface area contributed by atoms with Gasteiger partial charge in [-0.2, -0.15) is 0 Å². The lowest BCUT2D eigenvalue weighted by molar-refractivity contribution is 0.140. The molecule has 4 nitrogen and oxygen atoms in total. The fourth-order valence-corrected chi connectivity index (χ4v) is 2.13. The van der Waals surface area contributed by atoms with E-state index in [0.29, 0.717) is 13.0 Å². The highest BCUT2D eigenvalue weighted by Gasteiger charge is 2.01. The van der Waals surface area contributed by atoms with Crippen molar-refractivity contribution in [3.8, 4) is 11.8 Å². The van der Waals surface area contributed by atoms with Gasteiger partial charge in [0.05, 0.1) is 0 Å². The van der Waals surface area contributed by atoms with Gasteiger partial charge in [-0.15, -0.1) is 0 Å². The van der Waals surface area contributed by atoms with Gasteiger partial charge in [-0.25, -0.2) is 4.79 Å². The second kappa shape index (κ2) is 8.64. The van der Waals surface area contributed by atoms with Crippen molar-refractivity contribution < 1.29 is 9.53 Å². The molecule has 0 saturated carbocycles. The highest BCUT2D eigenvalue weighted by atomic mass is 16.5. The van der Waals surface area contributed by atoms with Crippen LogP contribution in [0.1, 0.15) is 28.7 Å². The summed E-state index contributed by atoms with van der Waals surface area (Å²) in [6.45, 7) is 4.67. The number of hydrogen-bond acceptors (Lipinski definition) is 3. The Balaban J connectivity index is 1.73. The smallest absolute Gasteiger partial charge is 0.407 e. The van der Waals surface area contributed by atoms with Crippen molar-refractivity contribution in [1.29, 1.82) is 0 Å². The minimum absolute atomic E-state index is 0.266. The van der Waals surface area contributed by atoms with Gasteiger partial charge >= 0.3 is 6.09 Å². The number of nitrogens with two attached hydrogens (primary N) is 1. The quantitative estimate of drug-likeness (QED) is 0.514. The van der Waals surface area contributed by atoms with E-state index in [1.165, 1.54) is 0 Å². The molecular formula is C20H22N2O2. The molecule has 3 N–H and O–H groups in total. The van der Waals surface area contributed by atoms with Gasteiger partial charge in [-0.3, -0.25) is 0 Å². The Bertz CT molecular complexity index is 758. The van der Waals surface area contributed by atoms with Crippen LogP contribution >= 0.6 is 0 Å². The molecule has 2 rings (SSSR count). The predicted molar refractivity (Wildman–Crippen MR) is 96.5 cm³/mol. The molecule has 0 bridgehead atoms. The number of anilines is 1. The second-order valence-corrected chi connectivity index (χ2v) is 5.56. The molecule has 0 fully saturated rings. The molecule has 24 heavy (non-hydrogen) atoms. The molecule has 1 amide bonds. The first kappa shape index (κ1) is 17.4. The molecule has 2 aromatic rings. The molecule has 0 radical (unpaired) electrons. The van der Waals surface area contributed by atoms with Gasteiger partial charge in [-0.05, 0) is 42.7 Å². The van der Waals surface area contributed by atoms with Crippen LogP contribution < -0.4 is 11.1 Å². The number of carbonyl (C=O) groups is 1. The molecule has 124 valence electrons. The summed E-state index contributed by atoms with van der Waals surface area (Å²) in [4.78, 5) is 11.6. The van der Waals surface area contributed by atoms with E-state index >= 15 is 0 Å². The Morgan fingerprint density at radius 2 is 1.92 bits per heavy atom. The number of nitrogens with one attached hydrogen (secondary N) is 1. The molecule has 2 aromatic carbocycles. The van der Waals surface area contributed by atoms with Crippen molar-refractivity contribution in [3.05, 3.63) is 64.7 Å². The largest absolute Gasteiger partial charge is 0.445 e. The van der Waals surface area contributed by atoms with Crippen LogP contribution in [0.4, 0.5) is 10.5 Å². The average molecular weight is 322 g/mol. The van der Waals surface area contributed by atoms with Gasteiger partial charge in [0.25, 0.3) is 0 Å². The van der Waals surface area contributed by atoms with E-state index in [9.17, 15) is 4.79 Å². The summed E-state index contributed by atoms with van der Waals surface area (Å²) in [5.74, 6) is 6.17. The molecule has 0 aliphatic heterocycles. The van der Waals surface area contributed by atoms with Gasteiger partial charge in [0, 0.05) is 24.2 Å². The van der Waals surface area contributed by atoms with E-state index in [4.69, 9.17) is 10.5 Å². The molecule has 0 atom stereocenters. The zero-order valence-electron chi connectivity index (χ0n) is 14.1. The van der Waals surface area contributed by atoms with Crippen molar-refractivity contribution >= 4 is 11.8 Å². The van der Waals surface area contributed by atoms with Gasteiger partial charge in [-0.1, -0.05) is 42.2 Å². The first-order valence-electron chi connectivity index (χ1n) is 7.86. The maximum Gasteiger partial charge on any atom is 0.407 e. The lowest BCUT2D eigenvalue weighted by Gasteiger charge is -2.05. The van der Waals surface area contributed by atoms with Crippen molar-refractivity contribution in [3.63, 3.8) is 0 Å². The van der Waals surface area contributed by atoms with Gasteiger partial charge in [0.2, 0.25) is 0 Å². The summed E-state index contributed by atoms with van der Waals surface area (Å²) in [5, 5.41) is 2.69. The molecule has 0 saturated heterocycles. The minimum atomic E-state index is -0.430. The molecule has 0 aliphatic carbocycles. The summed E-state index contributed by atoms with van der Waals surface area (Å²) in [7, 11) is 0. The van der Waals surface area contributed by atoms with E-state index in [1.807, 2.05) is 56.3 Å². The van der Waals surface area contributed by atoms with Gasteiger partial charge in [0.15, 0.2) is 0 Å². The number of rotatable bonds is 4. The number of alkyl carbamates (subject to hydrolysis) is 1. The molecule has 0 spiro atoms. The van der Waals surface area contributed by atoms with E-state index in [-0.39, 0.29) is 6.61 Å². The average Bonchev–Trinajstić information content (AvgIpc) is 2.58. The van der Waals surface area contributed by atoms with E-state index < -0.39 is 6.09 Å². The Kier molecular flexibility index (Phi) is 6.27. The summed E-state index contributed by atoms with van der Waals surface area (Å²) in [6, 6.07) is 13.5. The molecule has 0 heterocycles. The number of carbonyl (C=O) groups excluding carboxylic acids is 1. The first-order chi connectivity index (χ1) is 11.6. The molecule has 0 aliphatic rings. The van der Waals surface area contributed by atoms with Gasteiger partial charge in [0.1, 0.15) is 6.61 Å². The van der Waals surface area contributed by atoms with Crippen LogP contribution in [0, 0.1) is 25.7 Å². The second-order valence-electron chi connectivity index (χ2n) is 5.56. The Morgan fingerprint density at radius 1 is 1.17 bits per heavy atom. The van der Waals surface area contributed by atoms with Crippen molar-refractivity contribution in [2.24, 2.45) is 0 Å². The van der Waals surface area contributed by atoms with Crippen LogP contribution in [-0.4, -0.2) is 12.6 Å². The SMILES string of the molecule is Cc1cc(C#CCCNC(=O)OCc2ccccc2)c(C)cc1N. The zero-order chi connectivity index (χ0) is 17.4. The number of nitrogen functional groups attached to an aromatic ring is 1. The Hall–Kier alpha value is -2.93. The first-order valence-corrected chi connectivity index (χ1v) is 7.86. The summed E-state index contributed by atoms with van der Waals surface area (Å²) >= 11 is 0. The predicted octanol–water partition coefficient (Wildman–Crippen LogP) is 3.55. The molecular weight excluding hydrogens is 300 g/mol.